The van der Waals surface area contributed by atoms with Gasteiger partial charge in [0, 0.05) is 43.3 Å². The number of benzene rings is 2. The molecule has 2 aromatic rings. The van der Waals surface area contributed by atoms with Gasteiger partial charge in [0.1, 0.15) is 11.6 Å². The zero-order valence-corrected chi connectivity index (χ0v) is 19.9. The number of piperazine rings is 1. The van der Waals surface area contributed by atoms with Crippen molar-refractivity contribution in [1.82, 2.24) is 14.7 Å². The predicted molar refractivity (Wildman–Crippen MR) is 127 cm³/mol. The first-order valence-corrected chi connectivity index (χ1v) is 11.7. The van der Waals surface area contributed by atoms with Crippen LogP contribution in [0.5, 0.6) is 5.75 Å². The highest BCUT2D eigenvalue weighted by Crippen LogP contribution is 2.21. The molecule has 174 valence electrons. The number of hydrogen-bond donors (Lipinski definition) is 0. The Morgan fingerprint density at radius 3 is 2.38 bits per heavy atom. The topological polar surface area (TPSA) is 36.0 Å². The Morgan fingerprint density at radius 2 is 1.75 bits per heavy atom. The quantitative estimate of drug-likeness (QED) is 0.557. The number of rotatable bonds is 9. The van der Waals surface area contributed by atoms with Crippen LogP contribution < -0.4 is 4.74 Å². The van der Waals surface area contributed by atoms with E-state index in [2.05, 4.69) is 30.6 Å². The first-order chi connectivity index (χ1) is 15.4. The Hall–Kier alpha value is -2.15. The van der Waals surface area contributed by atoms with Crippen LogP contribution >= 0.6 is 11.6 Å². The number of nitrogens with zero attached hydrogens (tertiary/aromatic N) is 3. The van der Waals surface area contributed by atoms with Crippen molar-refractivity contribution in [2.24, 2.45) is 0 Å². The maximum Gasteiger partial charge on any atom is 0.260 e. The molecule has 32 heavy (non-hydrogen) atoms. The summed E-state index contributed by atoms with van der Waals surface area (Å²) in [5.74, 6) is 0.390. The maximum atomic E-state index is 13.3. The maximum absolute atomic E-state index is 13.3. The second-order valence-electron chi connectivity index (χ2n) is 8.33. The summed E-state index contributed by atoms with van der Waals surface area (Å²) in [6.07, 6.45) is 0. The number of carbonyl (C=O) groups excluding carboxylic acids is 1. The van der Waals surface area contributed by atoms with Gasteiger partial charge < -0.3 is 14.5 Å². The molecule has 2 atom stereocenters. The molecule has 0 radical (unpaired) electrons. The summed E-state index contributed by atoms with van der Waals surface area (Å²) in [6, 6.07) is 14.0. The molecule has 5 nitrogen and oxygen atoms in total. The van der Waals surface area contributed by atoms with Crippen LogP contribution in [-0.2, 0) is 11.3 Å². The van der Waals surface area contributed by atoms with Crippen LogP contribution in [0.1, 0.15) is 26.3 Å². The fourth-order valence-electron chi connectivity index (χ4n) is 4.19. The van der Waals surface area contributed by atoms with E-state index in [0.29, 0.717) is 17.3 Å². The van der Waals surface area contributed by atoms with E-state index < -0.39 is 0 Å². The molecule has 7 heteroatoms. The highest BCUT2D eigenvalue weighted by molar-refractivity contribution is 6.30. The molecule has 0 spiro atoms. The van der Waals surface area contributed by atoms with Crippen molar-refractivity contribution in [1.29, 1.82) is 0 Å². The summed E-state index contributed by atoms with van der Waals surface area (Å²) >= 11 is 5.92. The molecule has 1 amide bonds. The third-order valence-electron chi connectivity index (χ3n) is 6.11. The smallest absolute Gasteiger partial charge is 0.260 e. The van der Waals surface area contributed by atoms with Gasteiger partial charge in [-0.15, -0.1) is 0 Å². The van der Waals surface area contributed by atoms with Crippen molar-refractivity contribution in [2.75, 3.05) is 39.3 Å². The third kappa shape index (κ3) is 6.67. The Bertz CT molecular complexity index is 858. The van der Waals surface area contributed by atoms with Gasteiger partial charge in [0.15, 0.2) is 6.61 Å². The molecule has 0 aliphatic carbocycles. The third-order valence-corrected chi connectivity index (χ3v) is 6.37. The SMILES string of the molecule is CCN(CC)CC1CN(C(=O)COc2ccc(Cl)cc2)C(C)CN1Cc1ccc(F)cc1. The van der Waals surface area contributed by atoms with E-state index in [1.54, 1.807) is 24.3 Å². The summed E-state index contributed by atoms with van der Waals surface area (Å²) < 4.78 is 19.0. The Kier molecular flexibility index (Phi) is 8.91. The van der Waals surface area contributed by atoms with Crippen LogP contribution in [0.4, 0.5) is 4.39 Å². The molecule has 2 unspecified atom stereocenters. The zero-order valence-electron chi connectivity index (χ0n) is 19.1. The minimum absolute atomic E-state index is 0.00191. The van der Waals surface area contributed by atoms with Gasteiger partial charge in [-0.05, 0) is 62.0 Å². The monoisotopic (exact) mass is 461 g/mol. The fraction of sp³-hybridized carbons (Fsp3) is 0.480. The summed E-state index contributed by atoms with van der Waals surface area (Å²) in [4.78, 5) is 19.8. The van der Waals surface area contributed by atoms with Gasteiger partial charge in [-0.25, -0.2) is 4.39 Å². The van der Waals surface area contributed by atoms with Crippen LogP contribution in [-0.4, -0.2) is 72.0 Å². The molecule has 1 heterocycles. The normalized spacial score (nSPS) is 19.4. The molecule has 1 aliphatic heterocycles. The lowest BCUT2D eigenvalue weighted by Gasteiger charge is -2.46. The van der Waals surface area contributed by atoms with Gasteiger partial charge in [0.25, 0.3) is 5.91 Å². The summed E-state index contributed by atoms with van der Waals surface area (Å²) in [5, 5.41) is 0.633. The van der Waals surface area contributed by atoms with Crippen molar-refractivity contribution in [2.45, 2.75) is 39.4 Å². The van der Waals surface area contributed by atoms with E-state index >= 15 is 0 Å². The number of likely N-dealkylation sites (N-methyl/N-ethyl adjacent to an activating group) is 1. The Labute approximate surface area is 195 Å². The number of hydrogen-bond acceptors (Lipinski definition) is 4. The van der Waals surface area contributed by atoms with Crippen LogP contribution in [0.3, 0.4) is 0 Å². The molecule has 3 rings (SSSR count). The molecular formula is C25H33ClFN3O2. The standard InChI is InChI=1S/C25H33ClFN3O2/c1-4-28(5-2)16-23-17-30(25(31)18-32-24-12-8-21(26)9-13-24)19(3)14-29(23)15-20-6-10-22(27)11-7-20/h6-13,19,23H,4-5,14-18H2,1-3H3. The van der Waals surface area contributed by atoms with Crippen LogP contribution in [0, 0.1) is 5.82 Å². The molecule has 0 bridgehead atoms. The largest absolute Gasteiger partial charge is 0.484 e. The van der Waals surface area contributed by atoms with Gasteiger partial charge >= 0.3 is 0 Å². The van der Waals surface area contributed by atoms with Crippen LogP contribution in [0.15, 0.2) is 48.5 Å². The fourth-order valence-corrected chi connectivity index (χ4v) is 4.31. The lowest BCUT2D eigenvalue weighted by Crippen LogP contribution is -2.61. The lowest BCUT2D eigenvalue weighted by molar-refractivity contribution is -0.140. The van der Waals surface area contributed by atoms with Gasteiger partial charge in [-0.1, -0.05) is 37.6 Å². The molecule has 0 saturated carbocycles. The van der Waals surface area contributed by atoms with E-state index in [9.17, 15) is 9.18 Å². The summed E-state index contributed by atoms with van der Waals surface area (Å²) in [6.45, 7) is 11.3. The number of amides is 1. The lowest BCUT2D eigenvalue weighted by atomic mass is 10.0. The second kappa shape index (κ2) is 11.6. The number of carbonyl (C=O) groups is 1. The highest BCUT2D eigenvalue weighted by atomic mass is 35.5. The molecule has 1 saturated heterocycles. The second-order valence-corrected chi connectivity index (χ2v) is 8.77. The predicted octanol–water partition coefficient (Wildman–Crippen LogP) is 4.30. The highest BCUT2D eigenvalue weighted by Gasteiger charge is 2.34. The van der Waals surface area contributed by atoms with Crippen molar-refractivity contribution >= 4 is 17.5 Å². The van der Waals surface area contributed by atoms with E-state index in [0.717, 1.165) is 38.3 Å². The summed E-state index contributed by atoms with van der Waals surface area (Å²) in [5.41, 5.74) is 1.08. The van der Waals surface area contributed by atoms with Crippen molar-refractivity contribution in [3.05, 3.63) is 64.9 Å². The Balaban J connectivity index is 1.68. The van der Waals surface area contributed by atoms with E-state index in [4.69, 9.17) is 16.3 Å². The van der Waals surface area contributed by atoms with E-state index in [1.807, 2.05) is 17.0 Å². The molecule has 0 N–H and O–H groups in total. The van der Waals surface area contributed by atoms with Crippen LogP contribution in [0.25, 0.3) is 0 Å². The minimum atomic E-state index is -0.224. The Morgan fingerprint density at radius 1 is 1.09 bits per heavy atom. The van der Waals surface area contributed by atoms with Gasteiger partial charge in [0.05, 0.1) is 0 Å². The first-order valence-electron chi connectivity index (χ1n) is 11.3. The number of ether oxygens (including phenoxy) is 1. The molecule has 0 aromatic heterocycles. The van der Waals surface area contributed by atoms with Crippen molar-refractivity contribution in [3.8, 4) is 5.75 Å². The first kappa shape index (κ1) is 24.5. The van der Waals surface area contributed by atoms with E-state index in [1.165, 1.54) is 12.1 Å². The van der Waals surface area contributed by atoms with Gasteiger partial charge in [-0.2, -0.15) is 0 Å². The van der Waals surface area contributed by atoms with Crippen molar-refractivity contribution in [3.63, 3.8) is 0 Å². The molecule has 1 fully saturated rings. The number of halogens is 2. The zero-order chi connectivity index (χ0) is 23.1. The average molecular weight is 462 g/mol. The molecular weight excluding hydrogens is 429 g/mol. The van der Waals surface area contributed by atoms with Crippen molar-refractivity contribution < 1.29 is 13.9 Å². The van der Waals surface area contributed by atoms with Gasteiger partial charge in [0.2, 0.25) is 0 Å². The minimum Gasteiger partial charge on any atom is -0.484 e. The van der Waals surface area contributed by atoms with Gasteiger partial charge in [-0.3, -0.25) is 9.69 Å². The summed E-state index contributed by atoms with van der Waals surface area (Å²) in [7, 11) is 0. The van der Waals surface area contributed by atoms with Crippen LogP contribution in [0.2, 0.25) is 5.02 Å². The average Bonchev–Trinajstić information content (AvgIpc) is 2.79. The molecule has 2 aromatic carbocycles. The molecule has 1 aliphatic rings. The van der Waals surface area contributed by atoms with E-state index in [-0.39, 0.29) is 30.4 Å².